The zero-order chi connectivity index (χ0) is 29.2. The lowest BCUT2D eigenvalue weighted by molar-refractivity contribution is -0.113. The molecule has 41 heavy (non-hydrogen) atoms. The van der Waals surface area contributed by atoms with Crippen LogP contribution in [-0.2, 0) is 4.79 Å². The highest BCUT2D eigenvalue weighted by Gasteiger charge is 2.17. The second kappa shape index (κ2) is 14.2. The number of thioether (sulfide) groups is 1. The maximum atomic E-state index is 13.4. The van der Waals surface area contributed by atoms with Crippen molar-refractivity contribution in [3.8, 4) is 11.5 Å². The van der Waals surface area contributed by atoms with Gasteiger partial charge in [-0.3, -0.25) is 14.4 Å². The van der Waals surface area contributed by atoms with Crippen LogP contribution in [0.1, 0.15) is 26.3 Å². The number of Topliss-reactive ketones (excluding diaryl/α,β-unsaturated/α-hetero) is 1. The van der Waals surface area contributed by atoms with Gasteiger partial charge in [-0.15, -0.1) is 11.8 Å². The Labute approximate surface area is 247 Å². The standard InChI is InChI=1S/C32H27ClN2O5S/c1-39-24-15-12-22(30(19-24)40-2)18-28(35-31(37)21-8-4-3-5-9-21)32(38)34-23-13-16-25(17-14-23)41-20-29(36)26-10-6-7-11-27(26)33/h3-19H,20H2,1-2H3,(H,34,38)(H,35,37)/b28-18-. The van der Waals surface area contributed by atoms with E-state index in [0.717, 1.165) is 4.90 Å². The molecule has 0 saturated carbocycles. The number of carbonyl (C=O) groups is 3. The number of amides is 2. The number of carbonyl (C=O) groups excluding carboxylic acids is 3. The van der Waals surface area contributed by atoms with Crippen LogP contribution in [0, 0.1) is 0 Å². The molecule has 0 fully saturated rings. The number of ether oxygens (including phenoxy) is 2. The van der Waals surface area contributed by atoms with Crippen molar-refractivity contribution in [1.82, 2.24) is 5.32 Å². The number of rotatable bonds is 11. The smallest absolute Gasteiger partial charge is 0.272 e. The second-order valence-corrected chi connectivity index (χ2v) is 10.1. The van der Waals surface area contributed by atoms with E-state index in [-0.39, 0.29) is 17.2 Å². The average Bonchev–Trinajstić information content (AvgIpc) is 3.00. The number of anilines is 1. The van der Waals surface area contributed by atoms with E-state index >= 15 is 0 Å². The Balaban J connectivity index is 1.50. The first-order chi connectivity index (χ1) is 19.9. The normalized spacial score (nSPS) is 11.0. The Kier molecular flexibility index (Phi) is 10.2. The molecule has 4 rings (SSSR count). The Bertz CT molecular complexity index is 1570. The first kappa shape index (κ1) is 29.5. The molecule has 0 unspecified atom stereocenters. The lowest BCUT2D eigenvalue weighted by Gasteiger charge is -2.13. The van der Waals surface area contributed by atoms with Crippen molar-refractivity contribution in [3.05, 3.63) is 124 Å². The Hall–Kier alpha value is -4.53. The van der Waals surface area contributed by atoms with Crippen molar-refractivity contribution in [2.75, 3.05) is 25.3 Å². The molecule has 0 aliphatic rings. The van der Waals surface area contributed by atoms with Crippen molar-refractivity contribution in [1.29, 1.82) is 0 Å². The first-order valence-corrected chi connectivity index (χ1v) is 13.9. The van der Waals surface area contributed by atoms with Crippen molar-refractivity contribution in [2.24, 2.45) is 0 Å². The second-order valence-electron chi connectivity index (χ2n) is 8.66. The van der Waals surface area contributed by atoms with Gasteiger partial charge < -0.3 is 20.1 Å². The summed E-state index contributed by atoms with van der Waals surface area (Å²) in [7, 11) is 3.06. The molecule has 0 spiro atoms. The van der Waals surface area contributed by atoms with Crippen LogP contribution >= 0.6 is 23.4 Å². The van der Waals surface area contributed by atoms with E-state index in [0.29, 0.717) is 38.9 Å². The van der Waals surface area contributed by atoms with Gasteiger partial charge >= 0.3 is 0 Å². The van der Waals surface area contributed by atoms with Crippen LogP contribution in [0.5, 0.6) is 11.5 Å². The van der Waals surface area contributed by atoms with Crippen LogP contribution in [0.2, 0.25) is 5.02 Å². The molecule has 2 amide bonds. The molecule has 7 nitrogen and oxygen atoms in total. The predicted octanol–water partition coefficient (Wildman–Crippen LogP) is 6.74. The monoisotopic (exact) mass is 586 g/mol. The average molecular weight is 587 g/mol. The molecule has 0 aliphatic carbocycles. The van der Waals surface area contributed by atoms with Crippen LogP contribution in [0.25, 0.3) is 6.08 Å². The SMILES string of the molecule is COc1ccc(/C=C(\NC(=O)c2ccccc2)C(=O)Nc2ccc(SCC(=O)c3ccccc3Cl)cc2)c(OC)c1. The molecule has 2 N–H and O–H groups in total. The van der Waals surface area contributed by atoms with E-state index in [1.54, 1.807) is 110 Å². The molecular formula is C32H27ClN2O5S. The van der Waals surface area contributed by atoms with Crippen molar-refractivity contribution >= 4 is 52.7 Å². The quantitative estimate of drug-likeness (QED) is 0.115. The summed E-state index contributed by atoms with van der Waals surface area (Å²) in [5, 5.41) is 5.96. The van der Waals surface area contributed by atoms with Crippen LogP contribution in [-0.4, -0.2) is 37.6 Å². The molecule has 4 aromatic carbocycles. The van der Waals surface area contributed by atoms with Gasteiger partial charge in [0.15, 0.2) is 5.78 Å². The number of benzene rings is 4. The molecule has 0 radical (unpaired) electrons. The van der Waals surface area contributed by atoms with Crippen molar-refractivity contribution in [3.63, 3.8) is 0 Å². The third kappa shape index (κ3) is 8.00. The number of ketones is 1. The van der Waals surface area contributed by atoms with Crippen molar-refractivity contribution in [2.45, 2.75) is 4.90 Å². The van der Waals surface area contributed by atoms with Gasteiger partial charge in [0.05, 0.1) is 25.0 Å². The molecule has 208 valence electrons. The molecule has 0 saturated heterocycles. The molecule has 0 heterocycles. The molecule has 0 bridgehead atoms. The number of halogens is 1. The fourth-order valence-corrected chi connectivity index (χ4v) is 4.81. The topological polar surface area (TPSA) is 93.7 Å². The van der Waals surface area contributed by atoms with E-state index in [4.69, 9.17) is 21.1 Å². The summed E-state index contributed by atoms with van der Waals surface area (Å²) < 4.78 is 10.7. The number of hydrogen-bond acceptors (Lipinski definition) is 6. The highest BCUT2D eigenvalue weighted by Crippen LogP contribution is 2.27. The number of methoxy groups -OCH3 is 2. The summed E-state index contributed by atoms with van der Waals surface area (Å²) in [5.74, 6) is 0.241. The lowest BCUT2D eigenvalue weighted by atomic mass is 10.1. The van der Waals surface area contributed by atoms with Gasteiger partial charge in [-0.2, -0.15) is 0 Å². The Morgan fingerprint density at radius 3 is 2.24 bits per heavy atom. The number of hydrogen-bond donors (Lipinski definition) is 2. The summed E-state index contributed by atoms with van der Waals surface area (Å²) in [6, 6.07) is 27.8. The van der Waals surface area contributed by atoms with Gasteiger partial charge in [-0.25, -0.2) is 0 Å². The molecule has 0 aromatic heterocycles. The Morgan fingerprint density at radius 2 is 1.56 bits per heavy atom. The third-order valence-electron chi connectivity index (χ3n) is 5.93. The van der Waals surface area contributed by atoms with Gasteiger partial charge in [0.2, 0.25) is 0 Å². The summed E-state index contributed by atoms with van der Waals surface area (Å²) >= 11 is 7.50. The van der Waals surface area contributed by atoms with Crippen LogP contribution in [0.4, 0.5) is 5.69 Å². The fraction of sp³-hybridized carbons (Fsp3) is 0.0938. The van der Waals surface area contributed by atoms with Crippen LogP contribution in [0.15, 0.2) is 108 Å². The predicted molar refractivity (Wildman–Crippen MR) is 163 cm³/mol. The van der Waals surface area contributed by atoms with E-state index in [1.807, 2.05) is 0 Å². The molecule has 0 aliphatic heterocycles. The number of nitrogens with one attached hydrogen (secondary N) is 2. The van der Waals surface area contributed by atoms with Gasteiger partial charge in [-0.1, -0.05) is 41.9 Å². The van der Waals surface area contributed by atoms with E-state index in [9.17, 15) is 14.4 Å². The molecule has 0 atom stereocenters. The van der Waals surface area contributed by atoms with Gasteiger partial charge in [0.25, 0.3) is 11.8 Å². The van der Waals surface area contributed by atoms with Gasteiger partial charge in [-0.05, 0) is 66.7 Å². The third-order valence-corrected chi connectivity index (χ3v) is 7.27. The van der Waals surface area contributed by atoms with Crippen LogP contribution < -0.4 is 20.1 Å². The van der Waals surface area contributed by atoms with Crippen molar-refractivity contribution < 1.29 is 23.9 Å². The van der Waals surface area contributed by atoms with E-state index < -0.39 is 11.8 Å². The maximum Gasteiger partial charge on any atom is 0.272 e. The molecular weight excluding hydrogens is 560 g/mol. The lowest BCUT2D eigenvalue weighted by Crippen LogP contribution is -2.30. The maximum absolute atomic E-state index is 13.4. The minimum atomic E-state index is -0.526. The fourth-order valence-electron chi connectivity index (χ4n) is 3.78. The highest BCUT2D eigenvalue weighted by molar-refractivity contribution is 8.00. The van der Waals surface area contributed by atoms with Gasteiger partial charge in [0, 0.05) is 33.3 Å². The summed E-state index contributed by atoms with van der Waals surface area (Å²) in [6.07, 6.45) is 1.54. The summed E-state index contributed by atoms with van der Waals surface area (Å²) in [4.78, 5) is 39.7. The summed E-state index contributed by atoms with van der Waals surface area (Å²) in [6.45, 7) is 0. The minimum absolute atomic E-state index is 0.0195. The molecule has 4 aromatic rings. The van der Waals surface area contributed by atoms with Gasteiger partial charge in [0.1, 0.15) is 17.2 Å². The van der Waals surface area contributed by atoms with E-state index in [1.165, 1.54) is 18.9 Å². The first-order valence-electron chi connectivity index (χ1n) is 12.5. The zero-order valence-corrected chi connectivity index (χ0v) is 23.9. The zero-order valence-electron chi connectivity index (χ0n) is 22.3. The van der Waals surface area contributed by atoms with E-state index in [2.05, 4.69) is 10.6 Å². The molecule has 9 heteroatoms. The minimum Gasteiger partial charge on any atom is -0.497 e. The summed E-state index contributed by atoms with van der Waals surface area (Å²) in [5.41, 5.74) is 1.99. The highest BCUT2D eigenvalue weighted by atomic mass is 35.5. The van der Waals surface area contributed by atoms with Crippen LogP contribution in [0.3, 0.4) is 0 Å². The largest absolute Gasteiger partial charge is 0.497 e. The Morgan fingerprint density at radius 1 is 0.854 bits per heavy atom.